The number of pyridine rings is 1. The molecule has 7 heteroatoms. The molecule has 1 aromatic rings. The van der Waals surface area contributed by atoms with Crippen molar-refractivity contribution in [2.45, 2.75) is 25.4 Å². The molecule has 1 aromatic heterocycles. The molecule has 1 amide bonds. The van der Waals surface area contributed by atoms with Crippen molar-refractivity contribution in [2.75, 3.05) is 44.7 Å². The first-order valence-electron chi connectivity index (χ1n) is 8.12. The monoisotopic (exact) mass is 338 g/mol. The van der Waals surface area contributed by atoms with Gasteiger partial charge in [0.25, 0.3) is 0 Å². The van der Waals surface area contributed by atoms with Crippen LogP contribution in [0.5, 0.6) is 0 Å². The van der Waals surface area contributed by atoms with Gasteiger partial charge in [-0.3, -0.25) is 14.6 Å². The number of hydrogen-bond acceptors (Lipinski definition) is 5. The number of hydrogen-bond donors (Lipinski definition) is 1. The molecular formula is C16H23ClN4O2. The zero-order valence-corrected chi connectivity index (χ0v) is 14.1. The second-order valence-electron chi connectivity index (χ2n) is 6.09. The number of anilines is 1. The first-order chi connectivity index (χ1) is 11.1. The molecular weight excluding hydrogens is 316 g/mol. The lowest BCUT2D eigenvalue weighted by Gasteiger charge is -2.32. The normalized spacial score (nSPS) is 24.5. The highest BCUT2D eigenvalue weighted by atomic mass is 35.5. The van der Waals surface area contributed by atoms with Crippen molar-refractivity contribution >= 4 is 23.2 Å². The highest BCUT2D eigenvalue weighted by molar-refractivity contribution is 6.32. The van der Waals surface area contributed by atoms with Gasteiger partial charge in [0.15, 0.2) is 5.15 Å². The van der Waals surface area contributed by atoms with E-state index in [1.54, 1.807) is 18.3 Å². The Bertz CT molecular complexity index is 551. The smallest absolute Gasteiger partial charge is 0.241 e. The highest BCUT2D eigenvalue weighted by Gasteiger charge is 2.33. The Hall–Kier alpha value is -1.21. The van der Waals surface area contributed by atoms with Gasteiger partial charge < -0.3 is 10.1 Å². The summed E-state index contributed by atoms with van der Waals surface area (Å²) in [5, 5.41) is 3.19. The molecule has 126 valence electrons. The van der Waals surface area contributed by atoms with Gasteiger partial charge in [-0.1, -0.05) is 11.6 Å². The second kappa shape index (κ2) is 7.57. The van der Waals surface area contributed by atoms with E-state index in [-0.39, 0.29) is 11.9 Å². The average molecular weight is 339 g/mol. The van der Waals surface area contributed by atoms with Crippen LogP contribution in [0.15, 0.2) is 18.3 Å². The first kappa shape index (κ1) is 16.6. The zero-order valence-electron chi connectivity index (χ0n) is 13.4. The molecule has 0 aromatic carbocycles. The van der Waals surface area contributed by atoms with Crippen molar-refractivity contribution in [3.63, 3.8) is 0 Å². The summed E-state index contributed by atoms with van der Waals surface area (Å²) < 4.78 is 5.41. The summed E-state index contributed by atoms with van der Waals surface area (Å²) in [6.07, 6.45) is 2.71. The number of nitrogens with one attached hydrogen (secondary N) is 1. The number of aromatic nitrogens is 1. The molecule has 23 heavy (non-hydrogen) atoms. The van der Waals surface area contributed by atoms with E-state index in [0.717, 1.165) is 45.8 Å². The summed E-state index contributed by atoms with van der Waals surface area (Å²) >= 11 is 6.00. The van der Waals surface area contributed by atoms with E-state index in [2.05, 4.69) is 20.1 Å². The predicted octanol–water partition coefficient (Wildman–Crippen LogP) is 1.47. The van der Waals surface area contributed by atoms with Crippen molar-refractivity contribution in [2.24, 2.45) is 0 Å². The van der Waals surface area contributed by atoms with Gasteiger partial charge in [-0.2, -0.15) is 0 Å². The molecule has 2 aliphatic heterocycles. The molecule has 2 saturated heterocycles. The maximum atomic E-state index is 12.5. The summed E-state index contributed by atoms with van der Waals surface area (Å²) in [5.74, 6) is -0.0393. The van der Waals surface area contributed by atoms with E-state index in [9.17, 15) is 4.79 Å². The summed E-state index contributed by atoms with van der Waals surface area (Å²) in [6, 6.07) is 3.87. The number of nitrogens with zero attached hydrogens (tertiary/aromatic N) is 3. The standard InChI is InChI=1S/C16H23ClN4O2/c1-12(16(22)19-14-3-2-5-18-15(14)17)21-6-4-13(11-21)20-7-9-23-10-8-20/h2-3,5,12-13H,4,6-11H2,1H3,(H,19,22)/t12-,13+/m1/s1. The topological polar surface area (TPSA) is 57.7 Å². The molecule has 2 aliphatic rings. The lowest BCUT2D eigenvalue weighted by molar-refractivity contribution is -0.120. The maximum absolute atomic E-state index is 12.5. The number of carbonyl (C=O) groups excluding carboxylic acids is 1. The predicted molar refractivity (Wildman–Crippen MR) is 89.7 cm³/mol. The third-order valence-electron chi connectivity index (χ3n) is 4.70. The Morgan fingerprint density at radius 1 is 1.43 bits per heavy atom. The quantitative estimate of drug-likeness (QED) is 0.842. The number of carbonyl (C=O) groups is 1. The lowest BCUT2D eigenvalue weighted by Crippen LogP contribution is -2.46. The minimum atomic E-state index is -0.183. The van der Waals surface area contributed by atoms with Crippen LogP contribution in [0.3, 0.4) is 0 Å². The van der Waals surface area contributed by atoms with E-state index in [4.69, 9.17) is 16.3 Å². The molecule has 0 aliphatic carbocycles. The molecule has 3 rings (SSSR count). The average Bonchev–Trinajstić information content (AvgIpc) is 3.07. The third kappa shape index (κ3) is 4.01. The number of morpholine rings is 1. The minimum absolute atomic E-state index is 0.0393. The van der Waals surface area contributed by atoms with Crippen molar-refractivity contribution < 1.29 is 9.53 Å². The number of rotatable bonds is 4. The summed E-state index contributed by atoms with van der Waals surface area (Å²) in [7, 11) is 0. The summed E-state index contributed by atoms with van der Waals surface area (Å²) in [5.41, 5.74) is 0.565. The molecule has 1 N–H and O–H groups in total. The van der Waals surface area contributed by atoms with E-state index < -0.39 is 0 Å². The van der Waals surface area contributed by atoms with Crippen LogP contribution in [-0.2, 0) is 9.53 Å². The Morgan fingerprint density at radius 3 is 2.96 bits per heavy atom. The molecule has 2 atom stereocenters. The van der Waals surface area contributed by atoms with Crippen molar-refractivity contribution in [3.8, 4) is 0 Å². The van der Waals surface area contributed by atoms with Gasteiger partial charge in [-0.25, -0.2) is 4.98 Å². The Balaban J connectivity index is 1.55. The Kier molecular flexibility index (Phi) is 5.48. The second-order valence-corrected chi connectivity index (χ2v) is 6.45. The highest BCUT2D eigenvalue weighted by Crippen LogP contribution is 2.21. The molecule has 2 fully saturated rings. The summed E-state index contributed by atoms with van der Waals surface area (Å²) in [4.78, 5) is 21.2. The van der Waals surface area contributed by atoms with E-state index in [1.807, 2.05) is 6.92 Å². The molecule has 3 heterocycles. The SMILES string of the molecule is C[C@H](C(=O)Nc1cccnc1Cl)N1CC[C@H](N2CCOCC2)C1. The van der Waals surface area contributed by atoms with Crippen LogP contribution >= 0.6 is 11.6 Å². The van der Waals surface area contributed by atoms with Gasteiger partial charge in [-0.15, -0.1) is 0 Å². The molecule has 6 nitrogen and oxygen atoms in total. The maximum Gasteiger partial charge on any atom is 0.241 e. The number of amides is 1. The fraction of sp³-hybridized carbons (Fsp3) is 0.625. The summed E-state index contributed by atoms with van der Waals surface area (Å²) in [6.45, 7) is 7.42. The zero-order chi connectivity index (χ0) is 16.2. The van der Waals surface area contributed by atoms with E-state index in [1.165, 1.54) is 0 Å². The lowest BCUT2D eigenvalue weighted by atomic mass is 10.2. The van der Waals surface area contributed by atoms with Gasteiger partial charge in [-0.05, 0) is 25.5 Å². The number of halogens is 1. The molecule has 0 spiro atoms. The van der Waals surface area contributed by atoms with Gasteiger partial charge in [0.05, 0.1) is 24.9 Å². The van der Waals surface area contributed by atoms with Gasteiger partial charge in [0, 0.05) is 38.4 Å². The fourth-order valence-electron chi connectivity index (χ4n) is 3.24. The van der Waals surface area contributed by atoms with Crippen LogP contribution in [0.4, 0.5) is 5.69 Å². The van der Waals surface area contributed by atoms with Gasteiger partial charge in [0.2, 0.25) is 5.91 Å². The largest absolute Gasteiger partial charge is 0.379 e. The van der Waals surface area contributed by atoms with Gasteiger partial charge in [0.1, 0.15) is 0 Å². The van der Waals surface area contributed by atoms with Crippen LogP contribution in [0, 0.1) is 0 Å². The van der Waals surface area contributed by atoms with E-state index in [0.29, 0.717) is 16.9 Å². The molecule has 0 radical (unpaired) electrons. The number of likely N-dealkylation sites (tertiary alicyclic amines) is 1. The number of ether oxygens (including phenoxy) is 1. The molecule has 0 bridgehead atoms. The van der Waals surface area contributed by atoms with E-state index >= 15 is 0 Å². The first-order valence-corrected chi connectivity index (χ1v) is 8.50. The van der Waals surface area contributed by atoms with Crippen molar-refractivity contribution in [3.05, 3.63) is 23.5 Å². The van der Waals surface area contributed by atoms with Gasteiger partial charge >= 0.3 is 0 Å². The Labute approximate surface area is 141 Å². The van der Waals surface area contributed by atoms with Crippen LogP contribution in [0.25, 0.3) is 0 Å². The van der Waals surface area contributed by atoms with Crippen LogP contribution < -0.4 is 5.32 Å². The van der Waals surface area contributed by atoms with Crippen LogP contribution in [0.1, 0.15) is 13.3 Å². The van der Waals surface area contributed by atoms with Crippen molar-refractivity contribution in [1.82, 2.24) is 14.8 Å². The fourth-order valence-corrected chi connectivity index (χ4v) is 3.41. The molecule has 0 unspecified atom stereocenters. The third-order valence-corrected chi connectivity index (χ3v) is 5.00. The minimum Gasteiger partial charge on any atom is -0.379 e. The van der Waals surface area contributed by atoms with Crippen LogP contribution in [-0.4, -0.2) is 72.2 Å². The van der Waals surface area contributed by atoms with Crippen molar-refractivity contribution in [1.29, 1.82) is 0 Å². The Morgan fingerprint density at radius 2 is 2.22 bits per heavy atom. The van der Waals surface area contributed by atoms with Crippen LogP contribution in [0.2, 0.25) is 5.15 Å². The molecule has 0 saturated carbocycles.